The first-order valence-electron chi connectivity index (χ1n) is 8.91. The summed E-state index contributed by atoms with van der Waals surface area (Å²) in [6, 6.07) is 8.47. The number of carbonyl (C=O) groups is 1. The topological polar surface area (TPSA) is 119 Å². The van der Waals surface area contributed by atoms with Crippen LogP contribution in [0, 0.1) is 0 Å². The minimum absolute atomic E-state index is 0.0326. The molecule has 0 bridgehead atoms. The van der Waals surface area contributed by atoms with Crippen LogP contribution in [0.15, 0.2) is 61.3 Å². The van der Waals surface area contributed by atoms with Crippen LogP contribution in [0.2, 0.25) is 0 Å². The molecule has 3 heterocycles. The molecule has 0 fully saturated rings. The van der Waals surface area contributed by atoms with E-state index in [2.05, 4.69) is 25.0 Å². The number of sulfonamides is 1. The standard InChI is InChI=1S/C20H18N6O3S/c1-26-8-6-14(12-26)16-11-21-7-5-17(16)24-20(27)19-22-10-13-3-4-15(9-18(13)23-19)25-30(2,28)29/h3-12,25H,1-2H3,(H,21,24,27). The Bertz CT molecular complexity index is 1360. The van der Waals surface area contributed by atoms with Gasteiger partial charge in [0, 0.05) is 54.5 Å². The average molecular weight is 422 g/mol. The zero-order chi connectivity index (χ0) is 21.3. The fraction of sp³-hybridized carbons (Fsp3) is 0.100. The molecule has 0 aliphatic carbocycles. The number of aromatic nitrogens is 4. The Morgan fingerprint density at radius 2 is 1.97 bits per heavy atom. The number of fused-ring (bicyclic) bond motifs is 1. The molecule has 30 heavy (non-hydrogen) atoms. The van der Waals surface area contributed by atoms with E-state index in [0.717, 1.165) is 17.4 Å². The Labute approximate surface area is 172 Å². The van der Waals surface area contributed by atoms with Crippen LogP contribution in [0.4, 0.5) is 11.4 Å². The van der Waals surface area contributed by atoms with Crippen LogP contribution in [0.5, 0.6) is 0 Å². The third-order valence-corrected chi connectivity index (χ3v) is 4.91. The molecule has 0 atom stereocenters. The van der Waals surface area contributed by atoms with Crippen LogP contribution >= 0.6 is 0 Å². The number of carbonyl (C=O) groups excluding carboxylic acids is 1. The molecule has 0 aliphatic heterocycles. The molecule has 1 amide bonds. The van der Waals surface area contributed by atoms with Gasteiger partial charge in [0.05, 0.1) is 23.1 Å². The number of amides is 1. The third-order valence-electron chi connectivity index (χ3n) is 4.30. The van der Waals surface area contributed by atoms with Crippen molar-refractivity contribution in [1.82, 2.24) is 19.5 Å². The Balaban J connectivity index is 1.64. The van der Waals surface area contributed by atoms with Gasteiger partial charge in [0.2, 0.25) is 15.8 Å². The van der Waals surface area contributed by atoms with Crippen molar-refractivity contribution < 1.29 is 13.2 Å². The molecule has 0 unspecified atom stereocenters. The number of anilines is 2. The Morgan fingerprint density at radius 1 is 1.13 bits per heavy atom. The summed E-state index contributed by atoms with van der Waals surface area (Å²) in [5, 5.41) is 3.51. The summed E-state index contributed by atoms with van der Waals surface area (Å²) in [7, 11) is -1.51. The normalized spacial score (nSPS) is 11.4. The summed E-state index contributed by atoms with van der Waals surface area (Å²) in [5.74, 6) is -0.517. The smallest absolute Gasteiger partial charge is 0.293 e. The highest BCUT2D eigenvalue weighted by molar-refractivity contribution is 7.92. The number of nitrogens with zero attached hydrogens (tertiary/aromatic N) is 4. The third kappa shape index (κ3) is 4.28. The molecule has 0 radical (unpaired) electrons. The Morgan fingerprint density at radius 3 is 2.70 bits per heavy atom. The fourth-order valence-electron chi connectivity index (χ4n) is 2.98. The van der Waals surface area contributed by atoms with E-state index >= 15 is 0 Å². The molecule has 10 heteroatoms. The van der Waals surface area contributed by atoms with E-state index < -0.39 is 15.9 Å². The van der Waals surface area contributed by atoms with Crippen molar-refractivity contribution in [3.05, 3.63) is 67.1 Å². The predicted molar refractivity (Wildman–Crippen MR) is 115 cm³/mol. The molecular formula is C20H18N6O3S. The second kappa shape index (κ2) is 7.56. The van der Waals surface area contributed by atoms with Crippen molar-refractivity contribution in [2.24, 2.45) is 7.05 Å². The van der Waals surface area contributed by atoms with Crippen molar-refractivity contribution in [2.75, 3.05) is 16.3 Å². The first-order valence-corrected chi connectivity index (χ1v) is 10.8. The van der Waals surface area contributed by atoms with Crippen LogP contribution < -0.4 is 10.0 Å². The number of hydrogen-bond acceptors (Lipinski definition) is 6. The van der Waals surface area contributed by atoms with E-state index in [1.165, 1.54) is 6.20 Å². The highest BCUT2D eigenvalue weighted by atomic mass is 32.2. The predicted octanol–water partition coefficient (Wildman–Crippen LogP) is 2.65. The Kier molecular flexibility index (Phi) is 4.92. The van der Waals surface area contributed by atoms with E-state index in [4.69, 9.17) is 0 Å². The van der Waals surface area contributed by atoms with Gasteiger partial charge < -0.3 is 9.88 Å². The molecule has 1 aromatic carbocycles. The van der Waals surface area contributed by atoms with Crippen LogP contribution in [0.1, 0.15) is 10.6 Å². The number of rotatable bonds is 5. The van der Waals surface area contributed by atoms with E-state index in [-0.39, 0.29) is 5.82 Å². The summed E-state index contributed by atoms with van der Waals surface area (Å²) in [6.45, 7) is 0. The van der Waals surface area contributed by atoms with Crippen LogP contribution in [-0.2, 0) is 17.1 Å². The summed E-state index contributed by atoms with van der Waals surface area (Å²) in [6.07, 6.45) is 9.68. The number of benzene rings is 1. The first-order chi connectivity index (χ1) is 14.3. The lowest BCUT2D eigenvalue weighted by molar-refractivity contribution is 0.101. The molecule has 4 rings (SSSR count). The number of pyridine rings is 1. The maximum atomic E-state index is 12.8. The summed E-state index contributed by atoms with van der Waals surface area (Å²) in [5.41, 5.74) is 3.07. The molecular weight excluding hydrogens is 404 g/mol. The molecule has 3 aromatic heterocycles. The number of nitrogens with one attached hydrogen (secondary N) is 2. The van der Waals surface area contributed by atoms with E-state index in [0.29, 0.717) is 22.3 Å². The zero-order valence-corrected chi connectivity index (χ0v) is 17.0. The van der Waals surface area contributed by atoms with Gasteiger partial charge in [-0.1, -0.05) is 0 Å². The lowest BCUT2D eigenvalue weighted by atomic mass is 10.1. The maximum absolute atomic E-state index is 12.8. The van der Waals surface area contributed by atoms with Gasteiger partial charge in [-0.3, -0.25) is 14.5 Å². The van der Waals surface area contributed by atoms with Gasteiger partial charge in [-0.15, -0.1) is 0 Å². The zero-order valence-electron chi connectivity index (χ0n) is 16.2. The molecule has 2 N–H and O–H groups in total. The molecule has 4 aromatic rings. The maximum Gasteiger partial charge on any atom is 0.293 e. The SMILES string of the molecule is Cn1ccc(-c2cnccc2NC(=O)c2ncc3ccc(NS(C)(=O)=O)cc3n2)c1. The summed E-state index contributed by atoms with van der Waals surface area (Å²) >= 11 is 0. The van der Waals surface area contributed by atoms with Crippen molar-refractivity contribution in [3.8, 4) is 11.1 Å². The monoisotopic (exact) mass is 422 g/mol. The van der Waals surface area contributed by atoms with E-state index in [1.807, 2.05) is 30.1 Å². The van der Waals surface area contributed by atoms with Gasteiger partial charge in [0.25, 0.3) is 5.91 Å². The van der Waals surface area contributed by atoms with Gasteiger partial charge in [-0.2, -0.15) is 0 Å². The highest BCUT2D eigenvalue weighted by Crippen LogP contribution is 2.27. The van der Waals surface area contributed by atoms with Crippen molar-refractivity contribution in [1.29, 1.82) is 0 Å². The van der Waals surface area contributed by atoms with Gasteiger partial charge >= 0.3 is 0 Å². The van der Waals surface area contributed by atoms with E-state index in [9.17, 15) is 13.2 Å². The van der Waals surface area contributed by atoms with Crippen molar-refractivity contribution in [2.45, 2.75) is 0 Å². The van der Waals surface area contributed by atoms with Gasteiger partial charge in [0.1, 0.15) is 0 Å². The second-order valence-corrected chi connectivity index (χ2v) is 8.53. The van der Waals surface area contributed by atoms with Gasteiger partial charge in [-0.25, -0.2) is 18.4 Å². The summed E-state index contributed by atoms with van der Waals surface area (Å²) in [4.78, 5) is 25.4. The van der Waals surface area contributed by atoms with Gasteiger partial charge in [-0.05, 0) is 30.3 Å². The molecule has 152 valence electrons. The van der Waals surface area contributed by atoms with Crippen molar-refractivity contribution >= 4 is 38.2 Å². The molecule has 0 aliphatic rings. The average Bonchev–Trinajstić information content (AvgIpc) is 3.12. The number of hydrogen-bond donors (Lipinski definition) is 2. The Hall–Kier alpha value is -3.79. The molecule has 0 saturated carbocycles. The second-order valence-electron chi connectivity index (χ2n) is 6.78. The fourth-order valence-corrected chi connectivity index (χ4v) is 3.54. The van der Waals surface area contributed by atoms with Crippen LogP contribution in [0.3, 0.4) is 0 Å². The summed E-state index contributed by atoms with van der Waals surface area (Å²) < 4.78 is 27.2. The van der Waals surface area contributed by atoms with Gasteiger partial charge in [0.15, 0.2) is 0 Å². The molecule has 9 nitrogen and oxygen atoms in total. The number of aryl methyl sites for hydroxylation is 1. The minimum Gasteiger partial charge on any atom is -0.357 e. The minimum atomic E-state index is -3.42. The van der Waals surface area contributed by atoms with Crippen LogP contribution in [-0.4, -0.2) is 40.1 Å². The lowest BCUT2D eigenvalue weighted by Gasteiger charge is -2.10. The highest BCUT2D eigenvalue weighted by Gasteiger charge is 2.14. The molecule has 0 spiro atoms. The lowest BCUT2D eigenvalue weighted by Crippen LogP contribution is -2.16. The first kappa shape index (κ1) is 19.5. The van der Waals surface area contributed by atoms with E-state index in [1.54, 1.807) is 36.7 Å². The molecule has 0 saturated heterocycles. The largest absolute Gasteiger partial charge is 0.357 e. The van der Waals surface area contributed by atoms with Crippen LogP contribution in [0.25, 0.3) is 22.0 Å². The van der Waals surface area contributed by atoms with Crippen molar-refractivity contribution in [3.63, 3.8) is 0 Å². The quantitative estimate of drug-likeness (QED) is 0.510.